The van der Waals surface area contributed by atoms with Crippen molar-refractivity contribution in [2.75, 3.05) is 5.32 Å². The zero-order valence-electron chi connectivity index (χ0n) is 17.4. The largest absolute Gasteiger partial charge is 0.326 e. The Morgan fingerprint density at radius 1 is 1.17 bits per heavy atom. The highest BCUT2D eigenvalue weighted by Crippen LogP contribution is 2.15. The summed E-state index contributed by atoms with van der Waals surface area (Å²) in [5.41, 5.74) is 4.34. The first kappa shape index (κ1) is 21.6. The summed E-state index contributed by atoms with van der Waals surface area (Å²) in [5, 5.41) is 11.1. The van der Waals surface area contributed by atoms with Gasteiger partial charge in [-0.1, -0.05) is 42.8 Å². The minimum atomic E-state index is -0.282. The van der Waals surface area contributed by atoms with E-state index in [9.17, 15) is 4.79 Å². The molecular formula is C23H26ClN5O. The summed E-state index contributed by atoms with van der Waals surface area (Å²) in [7, 11) is 0. The maximum Gasteiger partial charge on any atom is 0.258 e. The van der Waals surface area contributed by atoms with Crippen LogP contribution in [-0.2, 0) is 13.1 Å². The van der Waals surface area contributed by atoms with Crippen LogP contribution in [0.3, 0.4) is 0 Å². The molecule has 0 spiro atoms. The number of nitrogens with one attached hydrogen (secondary N) is 2. The van der Waals surface area contributed by atoms with Gasteiger partial charge in [-0.05, 0) is 50.1 Å². The summed E-state index contributed by atoms with van der Waals surface area (Å²) in [6.45, 7) is 7.35. The Kier molecular flexibility index (Phi) is 7.25. The second kappa shape index (κ2) is 10.1. The fraction of sp³-hybridized carbons (Fsp3) is 0.261. The van der Waals surface area contributed by atoms with E-state index in [2.05, 4.69) is 27.6 Å². The fourth-order valence-electron chi connectivity index (χ4n) is 2.98. The van der Waals surface area contributed by atoms with Crippen LogP contribution < -0.4 is 10.6 Å². The van der Waals surface area contributed by atoms with Crippen molar-refractivity contribution in [1.82, 2.24) is 15.1 Å². The Bertz CT molecular complexity index is 1060. The smallest absolute Gasteiger partial charge is 0.258 e. The van der Waals surface area contributed by atoms with E-state index in [0.29, 0.717) is 23.1 Å². The molecule has 0 saturated carbocycles. The highest BCUT2D eigenvalue weighted by molar-refractivity contribution is 6.31. The van der Waals surface area contributed by atoms with Crippen molar-refractivity contribution in [2.45, 2.75) is 40.3 Å². The standard InChI is InChI=1S/C23H26ClN5O/c1-4-12-29-15-19(17(3)28-29)14-25-23(26-21-11-6-5-8-16(21)2)27-22(30)18-9-7-10-20(24)13-18/h5-11,13,15H,4,12,14H2,1-3H3,(H2,25,26,27,30). The number of hydrogen-bond donors (Lipinski definition) is 2. The molecule has 2 N–H and O–H groups in total. The topological polar surface area (TPSA) is 71.3 Å². The highest BCUT2D eigenvalue weighted by Gasteiger charge is 2.12. The van der Waals surface area contributed by atoms with E-state index in [0.717, 1.165) is 35.5 Å². The van der Waals surface area contributed by atoms with Crippen molar-refractivity contribution in [3.05, 3.63) is 82.1 Å². The van der Waals surface area contributed by atoms with Crippen LogP contribution in [0, 0.1) is 13.8 Å². The average molecular weight is 424 g/mol. The predicted molar refractivity (Wildman–Crippen MR) is 122 cm³/mol. The third kappa shape index (κ3) is 5.70. The molecule has 30 heavy (non-hydrogen) atoms. The molecule has 0 radical (unpaired) electrons. The molecule has 156 valence electrons. The van der Waals surface area contributed by atoms with Gasteiger partial charge in [0.15, 0.2) is 0 Å². The Morgan fingerprint density at radius 3 is 2.70 bits per heavy atom. The number of hydrogen-bond acceptors (Lipinski definition) is 3. The van der Waals surface area contributed by atoms with Crippen molar-refractivity contribution >= 4 is 29.2 Å². The summed E-state index contributed by atoms with van der Waals surface area (Å²) in [5.74, 6) is 0.0904. The lowest BCUT2D eigenvalue weighted by atomic mass is 10.2. The van der Waals surface area contributed by atoms with Crippen LogP contribution >= 0.6 is 11.6 Å². The minimum absolute atomic E-state index is 0.282. The molecule has 1 heterocycles. The van der Waals surface area contributed by atoms with Gasteiger partial charge in [-0.2, -0.15) is 5.10 Å². The van der Waals surface area contributed by atoms with Gasteiger partial charge in [-0.15, -0.1) is 0 Å². The molecule has 0 fully saturated rings. The molecule has 0 unspecified atom stereocenters. The molecule has 0 saturated heterocycles. The minimum Gasteiger partial charge on any atom is -0.326 e. The van der Waals surface area contributed by atoms with Crippen molar-refractivity contribution in [3.8, 4) is 0 Å². The maximum atomic E-state index is 12.7. The maximum absolute atomic E-state index is 12.7. The number of aliphatic imine (C=N–C) groups is 1. The van der Waals surface area contributed by atoms with Gasteiger partial charge in [0.05, 0.1) is 12.2 Å². The number of aryl methyl sites for hydroxylation is 3. The Balaban J connectivity index is 1.84. The first-order valence-corrected chi connectivity index (χ1v) is 10.3. The fourth-order valence-corrected chi connectivity index (χ4v) is 3.17. The number of benzene rings is 2. The zero-order valence-corrected chi connectivity index (χ0v) is 18.2. The van der Waals surface area contributed by atoms with E-state index in [1.54, 1.807) is 24.3 Å². The first-order valence-electron chi connectivity index (χ1n) is 9.93. The number of anilines is 1. The van der Waals surface area contributed by atoms with Crippen molar-refractivity contribution in [2.24, 2.45) is 4.99 Å². The summed E-state index contributed by atoms with van der Waals surface area (Å²) >= 11 is 6.03. The van der Waals surface area contributed by atoms with Crippen LogP contribution in [0.2, 0.25) is 5.02 Å². The van der Waals surface area contributed by atoms with Gasteiger partial charge in [0.25, 0.3) is 5.91 Å². The van der Waals surface area contributed by atoms with Crippen LogP contribution in [0.25, 0.3) is 0 Å². The van der Waals surface area contributed by atoms with E-state index in [1.807, 2.05) is 49.0 Å². The number of carbonyl (C=O) groups excluding carboxylic acids is 1. The van der Waals surface area contributed by atoms with E-state index in [1.165, 1.54) is 0 Å². The van der Waals surface area contributed by atoms with E-state index < -0.39 is 0 Å². The van der Waals surface area contributed by atoms with Crippen molar-refractivity contribution in [1.29, 1.82) is 0 Å². The molecule has 0 aliphatic heterocycles. The van der Waals surface area contributed by atoms with Gasteiger partial charge in [0.1, 0.15) is 0 Å². The van der Waals surface area contributed by atoms with Gasteiger partial charge in [0, 0.05) is 34.6 Å². The average Bonchev–Trinajstić information content (AvgIpc) is 3.07. The molecule has 7 heteroatoms. The van der Waals surface area contributed by atoms with Crippen LogP contribution in [0.5, 0.6) is 0 Å². The van der Waals surface area contributed by atoms with Gasteiger partial charge in [-0.25, -0.2) is 4.99 Å². The molecule has 2 aromatic carbocycles. The second-order valence-corrected chi connectivity index (χ2v) is 7.51. The number of carbonyl (C=O) groups is 1. The van der Waals surface area contributed by atoms with E-state index >= 15 is 0 Å². The monoisotopic (exact) mass is 423 g/mol. The Morgan fingerprint density at radius 2 is 1.97 bits per heavy atom. The molecule has 0 atom stereocenters. The third-order valence-corrected chi connectivity index (χ3v) is 4.86. The summed E-state index contributed by atoms with van der Waals surface area (Å²) in [4.78, 5) is 17.4. The summed E-state index contributed by atoms with van der Waals surface area (Å²) in [6.07, 6.45) is 3.02. The summed E-state index contributed by atoms with van der Waals surface area (Å²) in [6, 6.07) is 14.7. The SMILES string of the molecule is CCCn1cc(CN=C(NC(=O)c2cccc(Cl)c2)Nc2ccccc2C)c(C)n1. The zero-order chi connectivity index (χ0) is 21.5. The number of rotatable bonds is 6. The molecule has 3 aromatic rings. The molecule has 1 amide bonds. The third-order valence-electron chi connectivity index (χ3n) is 4.63. The lowest BCUT2D eigenvalue weighted by molar-refractivity contribution is 0.0977. The lowest BCUT2D eigenvalue weighted by Gasteiger charge is -2.13. The summed E-state index contributed by atoms with van der Waals surface area (Å²) < 4.78 is 1.93. The van der Waals surface area contributed by atoms with Gasteiger partial charge in [0.2, 0.25) is 5.96 Å². The number of amides is 1. The Labute approximate surface area is 182 Å². The number of para-hydroxylation sites is 1. The van der Waals surface area contributed by atoms with Crippen LogP contribution in [0.1, 0.15) is 40.5 Å². The normalized spacial score (nSPS) is 11.4. The van der Waals surface area contributed by atoms with Gasteiger partial charge >= 0.3 is 0 Å². The van der Waals surface area contributed by atoms with Crippen LogP contribution in [-0.4, -0.2) is 21.6 Å². The van der Waals surface area contributed by atoms with Gasteiger partial charge in [-0.3, -0.25) is 14.8 Å². The molecular weight excluding hydrogens is 398 g/mol. The molecule has 1 aromatic heterocycles. The van der Waals surface area contributed by atoms with Crippen LogP contribution in [0.4, 0.5) is 5.69 Å². The highest BCUT2D eigenvalue weighted by atomic mass is 35.5. The molecule has 0 aliphatic carbocycles. The lowest BCUT2D eigenvalue weighted by Crippen LogP contribution is -2.36. The van der Waals surface area contributed by atoms with E-state index in [-0.39, 0.29) is 5.91 Å². The van der Waals surface area contributed by atoms with E-state index in [4.69, 9.17) is 11.6 Å². The molecule has 0 bridgehead atoms. The molecule has 3 rings (SSSR count). The predicted octanol–water partition coefficient (Wildman–Crippen LogP) is 4.96. The molecule has 6 nitrogen and oxygen atoms in total. The number of aromatic nitrogens is 2. The quantitative estimate of drug-likeness (QED) is 0.434. The molecule has 0 aliphatic rings. The Hall–Kier alpha value is -3.12. The first-order chi connectivity index (χ1) is 14.5. The number of guanidine groups is 1. The second-order valence-electron chi connectivity index (χ2n) is 7.07. The van der Waals surface area contributed by atoms with Crippen LogP contribution in [0.15, 0.2) is 59.7 Å². The number of halogens is 1. The van der Waals surface area contributed by atoms with Gasteiger partial charge < -0.3 is 5.32 Å². The van der Waals surface area contributed by atoms with Crippen molar-refractivity contribution in [3.63, 3.8) is 0 Å². The van der Waals surface area contributed by atoms with Crippen molar-refractivity contribution < 1.29 is 4.79 Å². The number of nitrogens with zero attached hydrogens (tertiary/aromatic N) is 3.